The van der Waals surface area contributed by atoms with Crippen LogP contribution in [0.2, 0.25) is 0 Å². The number of para-hydroxylation sites is 2. The number of furan rings is 1. The number of carbonyl (C=O) groups excluding carboxylic acids is 1. The maximum atomic E-state index is 12.7. The lowest BCUT2D eigenvalue weighted by Crippen LogP contribution is -2.20. The van der Waals surface area contributed by atoms with Crippen molar-refractivity contribution in [2.45, 2.75) is 6.92 Å². The Kier molecular flexibility index (Phi) is 4.55. The van der Waals surface area contributed by atoms with Crippen LogP contribution in [0.3, 0.4) is 0 Å². The molecule has 4 aromatic rings. The highest BCUT2D eigenvalue weighted by Crippen LogP contribution is 2.18. The highest BCUT2D eigenvalue weighted by atomic mass is 16.5. The molecule has 2 heterocycles. The molecule has 0 atom stereocenters. The van der Waals surface area contributed by atoms with E-state index >= 15 is 0 Å². The van der Waals surface area contributed by atoms with Gasteiger partial charge in [0.05, 0.1) is 23.4 Å². The molecule has 7 heteroatoms. The second-order valence-electron chi connectivity index (χ2n) is 5.94. The first-order valence-electron chi connectivity index (χ1n) is 8.51. The number of hydrogen-bond donors (Lipinski definition) is 0. The van der Waals surface area contributed by atoms with Crippen LogP contribution >= 0.6 is 0 Å². The van der Waals surface area contributed by atoms with E-state index in [1.165, 1.54) is 23.2 Å². The zero-order chi connectivity index (χ0) is 19.5. The number of hydrogen-bond acceptors (Lipinski definition) is 6. The molecule has 0 saturated heterocycles. The van der Waals surface area contributed by atoms with E-state index in [9.17, 15) is 9.59 Å². The molecule has 0 aliphatic carbocycles. The van der Waals surface area contributed by atoms with Crippen LogP contribution in [-0.2, 0) is 0 Å². The Morgan fingerprint density at radius 1 is 1.11 bits per heavy atom. The van der Waals surface area contributed by atoms with E-state index in [4.69, 9.17) is 9.15 Å². The van der Waals surface area contributed by atoms with Gasteiger partial charge in [-0.2, -0.15) is 9.78 Å². The van der Waals surface area contributed by atoms with Crippen LogP contribution < -0.4 is 10.3 Å². The minimum atomic E-state index is -0.619. The molecule has 0 spiro atoms. The maximum Gasteiger partial charge on any atom is 0.379 e. The summed E-state index contributed by atoms with van der Waals surface area (Å²) in [5.41, 5.74) is 0.871. The molecule has 0 aliphatic rings. The summed E-state index contributed by atoms with van der Waals surface area (Å²) in [6.07, 6.45) is 2.85. The number of ether oxygens (including phenoxy) is 1. The van der Waals surface area contributed by atoms with E-state index in [1.807, 2.05) is 6.07 Å². The standard InChI is InChI=1S/C21H15N3O4/c1-14-23-17-9-4-3-8-16(17)20(25)24(14)22-13-15-7-2-5-10-18(15)28-21(26)19-11-6-12-27-19/h2-13H,1H3. The van der Waals surface area contributed by atoms with Gasteiger partial charge in [-0.15, -0.1) is 0 Å². The third-order valence-electron chi connectivity index (χ3n) is 4.07. The predicted molar refractivity (Wildman–Crippen MR) is 104 cm³/mol. The van der Waals surface area contributed by atoms with E-state index in [-0.39, 0.29) is 11.3 Å². The Labute approximate surface area is 159 Å². The Morgan fingerprint density at radius 2 is 1.89 bits per heavy atom. The van der Waals surface area contributed by atoms with Crippen molar-refractivity contribution in [1.82, 2.24) is 9.66 Å². The van der Waals surface area contributed by atoms with Gasteiger partial charge < -0.3 is 9.15 Å². The van der Waals surface area contributed by atoms with Gasteiger partial charge in [0, 0.05) is 5.56 Å². The average Bonchev–Trinajstić information content (AvgIpc) is 3.24. The molecule has 0 bridgehead atoms. The topological polar surface area (TPSA) is 86.7 Å². The predicted octanol–water partition coefficient (Wildman–Crippen LogP) is 3.40. The first-order valence-corrected chi connectivity index (χ1v) is 8.51. The molecule has 0 radical (unpaired) electrons. The highest BCUT2D eigenvalue weighted by Gasteiger charge is 2.13. The van der Waals surface area contributed by atoms with E-state index in [0.29, 0.717) is 28.0 Å². The molecule has 7 nitrogen and oxygen atoms in total. The zero-order valence-corrected chi connectivity index (χ0v) is 14.9. The fourth-order valence-electron chi connectivity index (χ4n) is 2.72. The van der Waals surface area contributed by atoms with Gasteiger partial charge in [-0.05, 0) is 43.3 Å². The summed E-state index contributed by atoms with van der Waals surface area (Å²) >= 11 is 0. The number of benzene rings is 2. The van der Waals surface area contributed by atoms with E-state index in [0.717, 1.165) is 0 Å². The second-order valence-corrected chi connectivity index (χ2v) is 5.94. The lowest BCUT2D eigenvalue weighted by atomic mass is 10.2. The molecule has 2 aromatic heterocycles. The Hall–Kier alpha value is -4.00. The van der Waals surface area contributed by atoms with Crippen LogP contribution in [0.4, 0.5) is 0 Å². The quantitative estimate of drug-likeness (QED) is 0.311. The Balaban J connectivity index is 1.69. The molecule has 4 rings (SSSR count). The van der Waals surface area contributed by atoms with Crippen molar-refractivity contribution in [3.8, 4) is 5.75 Å². The fraction of sp³-hybridized carbons (Fsp3) is 0.0476. The first-order chi connectivity index (χ1) is 13.6. The van der Waals surface area contributed by atoms with E-state index < -0.39 is 5.97 Å². The Morgan fingerprint density at radius 3 is 2.71 bits per heavy atom. The molecule has 0 amide bonds. The van der Waals surface area contributed by atoms with Crippen molar-refractivity contribution < 1.29 is 13.9 Å². The van der Waals surface area contributed by atoms with Gasteiger partial charge >= 0.3 is 5.97 Å². The van der Waals surface area contributed by atoms with Crippen molar-refractivity contribution in [2.24, 2.45) is 5.10 Å². The summed E-state index contributed by atoms with van der Waals surface area (Å²) in [6, 6.07) is 17.1. The number of fused-ring (bicyclic) bond motifs is 1. The van der Waals surface area contributed by atoms with Gasteiger partial charge in [-0.1, -0.05) is 24.3 Å². The number of rotatable bonds is 4. The summed E-state index contributed by atoms with van der Waals surface area (Å²) in [5, 5.41) is 4.73. The SMILES string of the molecule is Cc1nc2ccccc2c(=O)n1N=Cc1ccccc1OC(=O)c1ccco1. The van der Waals surface area contributed by atoms with Gasteiger partial charge in [-0.3, -0.25) is 4.79 Å². The molecule has 0 aliphatic heterocycles. The summed E-state index contributed by atoms with van der Waals surface area (Å²) in [7, 11) is 0. The first kappa shape index (κ1) is 17.4. The van der Waals surface area contributed by atoms with Crippen LogP contribution in [0.5, 0.6) is 5.75 Å². The molecular weight excluding hydrogens is 358 g/mol. The van der Waals surface area contributed by atoms with Gasteiger partial charge in [0.15, 0.2) is 0 Å². The van der Waals surface area contributed by atoms with Crippen molar-refractivity contribution >= 4 is 23.1 Å². The zero-order valence-electron chi connectivity index (χ0n) is 14.9. The minimum Gasteiger partial charge on any atom is -0.457 e. The fourth-order valence-corrected chi connectivity index (χ4v) is 2.72. The second kappa shape index (κ2) is 7.32. The van der Waals surface area contributed by atoms with Crippen LogP contribution in [-0.4, -0.2) is 21.8 Å². The van der Waals surface area contributed by atoms with E-state index in [2.05, 4.69) is 10.1 Å². The number of nitrogens with zero attached hydrogens (tertiary/aromatic N) is 3. The van der Waals surface area contributed by atoms with Gasteiger partial charge in [0.25, 0.3) is 5.56 Å². The monoisotopic (exact) mass is 373 g/mol. The largest absolute Gasteiger partial charge is 0.457 e. The number of carbonyl (C=O) groups is 1. The number of aryl methyl sites for hydroxylation is 1. The summed E-state index contributed by atoms with van der Waals surface area (Å²) in [5.74, 6) is 0.223. The van der Waals surface area contributed by atoms with Crippen LogP contribution in [0.15, 0.2) is 81.2 Å². The maximum absolute atomic E-state index is 12.7. The number of esters is 1. The smallest absolute Gasteiger partial charge is 0.379 e. The van der Waals surface area contributed by atoms with Crippen LogP contribution in [0.25, 0.3) is 10.9 Å². The van der Waals surface area contributed by atoms with Crippen LogP contribution in [0, 0.1) is 6.92 Å². The molecule has 138 valence electrons. The summed E-state index contributed by atoms with van der Waals surface area (Å²) < 4.78 is 11.6. The third kappa shape index (κ3) is 3.33. The summed E-state index contributed by atoms with van der Waals surface area (Å²) in [6.45, 7) is 1.70. The molecular formula is C21H15N3O4. The van der Waals surface area contributed by atoms with Gasteiger partial charge in [0.2, 0.25) is 5.76 Å². The van der Waals surface area contributed by atoms with Gasteiger partial charge in [0.1, 0.15) is 11.6 Å². The van der Waals surface area contributed by atoms with E-state index in [1.54, 1.807) is 55.5 Å². The van der Waals surface area contributed by atoms with Gasteiger partial charge in [-0.25, -0.2) is 9.78 Å². The van der Waals surface area contributed by atoms with Crippen molar-refractivity contribution in [2.75, 3.05) is 0 Å². The van der Waals surface area contributed by atoms with Crippen LogP contribution in [0.1, 0.15) is 21.9 Å². The molecule has 0 unspecified atom stereocenters. The molecule has 2 aromatic carbocycles. The third-order valence-corrected chi connectivity index (χ3v) is 4.07. The van der Waals surface area contributed by atoms with Crippen molar-refractivity contribution in [3.63, 3.8) is 0 Å². The van der Waals surface area contributed by atoms with Crippen molar-refractivity contribution in [3.05, 3.63) is 94.4 Å². The van der Waals surface area contributed by atoms with Crippen molar-refractivity contribution in [1.29, 1.82) is 0 Å². The average molecular weight is 373 g/mol. The molecule has 0 N–H and O–H groups in total. The molecule has 0 saturated carbocycles. The Bertz CT molecular complexity index is 1240. The minimum absolute atomic E-state index is 0.0949. The molecule has 0 fully saturated rings. The normalized spacial score (nSPS) is 11.2. The lowest BCUT2D eigenvalue weighted by molar-refractivity contribution is 0.0701. The molecule has 28 heavy (non-hydrogen) atoms. The summed E-state index contributed by atoms with van der Waals surface area (Å²) in [4.78, 5) is 29.2. The lowest BCUT2D eigenvalue weighted by Gasteiger charge is -2.07. The number of aromatic nitrogens is 2. The highest BCUT2D eigenvalue weighted by molar-refractivity contribution is 5.91.